The van der Waals surface area contributed by atoms with E-state index in [-0.39, 0.29) is 12.1 Å². The zero-order valence-electron chi connectivity index (χ0n) is 11.4. The molecule has 0 amide bonds. The molecular formula is C15H19N3OS. The topological polar surface area (TPSA) is 58.0 Å². The number of aliphatic hydroxyl groups is 1. The quantitative estimate of drug-likeness (QED) is 0.888. The highest BCUT2D eigenvalue weighted by Gasteiger charge is 2.32. The minimum absolute atomic E-state index is 0.0885. The highest BCUT2D eigenvalue weighted by Crippen LogP contribution is 2.29. The van der Waals surface area contributed by atoms with Crippen LogP contribution in [0.2, 0.25) is 0 Å². The molecule has 106 valence electrons. The van der Waals surface area contributed by atoms with Gasteiger partial charge in [-0.15, -0.1) is 11.3 Å². The molecule has 4 nitrogen and oxygen atoms in total. The van der Waals surface area contributed by atoms with E-state index in [4.69, 9.17) is 0 Å². The van der Waals surface area contributed by atoms with E-state index >= 15 is 0 Å². The molecule has 0 aromatic carbocycles. The zero-order valence-corrected chi connectivity index (χ0v) is 12.2. The summed E-state index contributed by atoms with van der Waals surface area (Å²) < 4.78 is 0. The molecule has 1 aliphatic rings. The van der Waals surface area contributed by atoms with Gasteiger partial charge < -0.3 is 10.4 Å². The monoisotopic (exact) mass is 289 g/mol. The first-order valence-corrected chi connectivity index (χ1v) is 7.91. The van der Waals surface area contributed by atoms with Crippen LogP contribution in [0.25, 0.3) is 10.7 Å². The predicted molar refractivity (Wildman–Crippen MR) is 80.5 cm³/mol. The summed E-state index contributed by atoms with van der Waals surface area (Å²) in [7, 11) is 0. The van der Waals surface area contributed by atoms with Crippen molar-refractivity contribution in [2.24, 2.45) is 0 Å². The fourth-order valence-electron chi connectivity index (χ4n) is 2.72. The van der Waals surface area contributed by atoms with Gasteiger partial charge in [0.1, 0.15) is 5.01 Å². The molecule has 0 saturated heterocycles. The molecule has 0 unspecified atom stereocenters. The Morgan fingerprint density at radius 3 is 2.85 bits per heavy atom. The van der Waals surface area contributed by atoms with E-state index in [0.29, 0.717) is 6.54 Å². The third-order valence-electron chi connectivity index (χ3n) is 3.94. The highest BCUT2D eigenvalue weighted by atomic mass is 32.1. The summed E-state index contributed by atoms with van der Waals surface area (Å²) >= 11 is 1.62. The molecule has 0 spiro atoms. The number of hydrogen-bond acceptors (Lipinski definition) is 5. The second-order valence-electron chi connectivity index (χ2n) is 5.36. The van der Waals surface area contributed by atoms with Crippen molar-refractivity contribution in [3.63, 3.8) is 0 Å². The van der Waals surface area contributed by atoms with Gasteiger partial charge in [-0.05, 0) is 25.0 Å². The van der Waals surface area contributed by atoms with Crippen LogP contribution in [0.15, 0.2) is 29.8 Å². The molecule has 2 N–H and O–H groups in total. The number of thiazole rings is 1. The Morgan fingerprint density at radius 1 is 1.30 bits per heavy atom. The number of pyridine rings is 1. The van der Waals surface area contributed by atoms with Crippen LogP contribution in [0.1, 0.15) is 31.4 Å². The summed E-state index contributed by atoms with van der Waals surface area (Å²) in [6, 6.07) is 5.85. The summed E-state index contributed by atoms with van der Waals surface area (Å²) in [5.74, 6) is 0. The SMILES string of the molecule is OCC1(NCc2csc(-c3ccccn3)n2)CCCC1. The van der Waals surface area contributed by atoms with Crippen LogP contribution < -0.4 is 5.32 Å². The number of nitrogens with zero attached hydrogens (tertiary/aromatic N) is 2. The van der Waals surface area contributed by atoms with Crippen LogP contribution in [-0.2, 0) is 6.54 Å². The number of aliphatic hydroxyl groups excluding tert-OH is 1. The van der Waals surface area contributed by atoms with Crippen molar-refractivity contribution >= 4 is 11.3 Å². The van der Waals surface area contributed by atoms with Gasteiger partial charge in [0.15, 0.2) is 0 Å². The highest BCUT2D eigenvalue weighted by molar-refractivity contribution is 7.13. The van der Waals surface area contributed by atoms with Gasteiger partial charge in [0.2, 0.25) is 0 Å². The summed E-state index contributed by atoms with van der Waals surface area (Å²) in [6.07, 6.45) is 6.29. The predicted octanol–water partition coefficient (Wildman–Crippen LogP) is 2.60. The van der Waals surface area contributed by atoms with Crippen molar-refractivity contribution in [1.82, 2.24) is 15.3 Å². The molecule has 1 saturated carbocycles. The van der Waals surface area contributed by atoms with Gasteiger partial charge in [-0.2, -0.15) is 0 Å². The average molecular weight is 289 g/mol. The van der Waals surface area contributed by atoms with E-state index in [1.165, 1.54) is 12.8 Å². The lowest BCUT2D eigenvalue weighted by Crippen LogP contribution is -2.45. The van der Waals surface area contributed by atoms with Gasteiger partial charge in [0.05, 0.1) is 18.0 Å². The molecule has 0 bridgehead atoms. The molecule has 0 aliphatic heterocycles. The first-order valence-electron chi connectivity index (χ1n) is 7.03. The van der Waals surface area contributed by atoms with Crippen LogP contribution in [0.5, 0.6) is 0 Å². The van der Waals surface area contributed by atoms with Gasteiger partial charge in [-0.3, -0.25) is 4.98 Å². The molecule has 0 radical (unpaired) electrons. The summed E-state index contributed by atoms with van der Waals surface area (Å²) in [5.41, 5.74) is 1.85. The Balaban J connectivity index is 1.66. The standard InChI is InChI=1S/C15H19N3OS/c19-11-15(6-2-3-7-15)17-9-12-10-20-14(18-12)13-5-1-4-8-16-13/h1,4-5,8,10,17,19H,2-3,6-7,9,11H2. The first-order chi connectivity index (χ1) is 9.81. The van der Waals surface area contributed by atoms with Crippen LogP contribution in [0, 0.1) is 0 Å². The van der Waals surface area contributed by atoms with Crippen LogP contribution in [-0.4, -0.2) is 27.2 Å². The Bertz CT molecular complexity index is 549. The van der Waals surface area contributed by atoms with E-state index in [0.717, 1.165) is 29.2 Å². The summed E-state index contributed by atoms with van der Waals surface area (Å²) in [5, 5.41) is 16.1. The van der Waals surface area contributed by atoms with Gasteiger partial charge >= 0.3 is 0 Å². The van der Waals surface area contributed by atoms with Crippen molar-refractivity contribution in [1.29, 1.82) is 0 Å². The maximum atomic E-state index is 9.59. The van der Waals surface area contributed by atoms with Crippen LogP contribution in [0.3, 0.4) is 0 Å². The van der Waals surface area contributed by atoms with Crippen molar-refractivity contribution in [3.05, 3.63) is 35.5 Å². The number of hydrogen-bond donors (Lipinski definition) is 2. The molecule has 2 heterocycles. The lowest BCUT2D eigenvalue weighted by molar-refractivity contribution is 0.162. The van der Waals surface area contributed by atoms with E-state index < -0.39 is 0 Å². The molecule has 2 aromatic rings. The van der Waals surface area contributed by atoms with E-state index in [1.807, 2.05) is 18.2 Å². The van der Waals surface area contributed by atoms with Gasteiger partial charge in [-0.25, -0.2) is 4.98 Å². The number of nitrogens with one attached hydrogen (secondary N) is 1. The van der Waals surface area contributed by atoms with E-state index in [2.05, 4.69) is 20.7 Å². The zero-order chi connectivity index (χ0) is 13.8. The summed E-state index contributed by atoms with van der Waals surface area (Å²) in [6.45, 7) is 0.925. The molecule has 2 aromatic heterocycles. The number of rotatable bonds is 5. The molecule has 0 atom stereocenters. The molecular weight excluding hydrogens is 270 g/mol. The Hall–Kier alpha value is -1.30. The molecule has 3 rings (SSSR count). The van der Waals surface area contributed by atoms with Gasteiger partial charge in [0, 0.05) is 23.7 Å². The normalized spacial score (nSPS) is 17.4. The molecule has 20 heavy (non-hydrogen) atoms. The van der Waals surface area contributed by atoms with E-state index in [9.17, 15) is 5.11 Å². The molecule has 1 fully saturated rings. The Kier molecular flexibility index (Phi) is 4.10. The van der Waals surface area contributed by atoms with Crippen molar-refractivity contribution < 1.29 is 5.11 Å². The fourth-order valence-corrected chi connectivity index (χ4v) is 3.51. The molecule has 5 heteroatoms. The van der Waals surface area contributed by atoms with Crippen molar-refractivity contribution in [3.8, 4) is 10.7 Å². The Morgan fingerprint density at radius 2 is 2.15 bits per heavy atom. The minimum Gasteiger partial charge on any atom is -0.394 e. The smallest absolute Gasteiger partial charge is 0.142 e. The largest absolute Gasteiger partial charge is 0.394 e. The Labute approximate surface area is 122 Å². The minimum atomic E-state index is -0.0885. The first kappa shape index (κ1) is 13.7. The lowest BCUT2D eigenvalue weighted by Gasteiger charge is -2.27. The maximum absolute atomic E-state index is 9.59. The second-order valence-corrected chi connectivity index (χ2v) is 6.22. The number of aromatic nitrogens is 2. The van der Waals surface area contributed by atoms with Gasteiger partial charge in [0.25, 0.3) is 0 Å². The van der Waals surface area contributed by atoms with Crippen molar-refractivity contribution in [2.75, 3.05) is 6.61 Å². The molecule has 1 aliphatic carbocycles. The maximum Gasteiger partial charge on any atom is 0.142 e. The van der Waals surface area contributed by atoms with Crippen molar-refractivity contribution in [2.45, 2.75) is 37.8 Å². The van der Waals surface area contributed by atoms with Gasteiger partial charge in [-0.1, -0.05) is 18.9 Å². The summed E-state index contributed by atoms with van der Waals surface area (Å²) in [4.78, 5) is 8.94. The lowest BCUT2D eigenvalue weighted by atomic mass is 9.99. The third-order valence-corrected chi connectivity index (χ3v) is 4.86. The average Bonchev–Trinajstić information content (AvgIpc) is 3.16. The van der Waals surface area contributed by atoms with E-state index in [1.54, 1.807) is 17.5 Å². The van der Waals surface area contributed by atoms with Crippen LogP contribution in [0.4, 0.5) is 0 Å². The second kappa shape index (κ2) is 5.99. The van der Waals surface area contributed by atoms with Crippen LogP contribution >= 0.6 is 11.3 Å². The fraction of sp³-hybridized carbons (Fsp3) is 0.467. The third kappa shape index (κ3) is 2.90.